The standard InChI is InChI=1S/C13H15F3N2O2.C2HF3O2/c14-13(15,16)19-8-1-7(2-8)9-3-10(20-18-9)11-4-12(17,5-11)6-11;3-2(4,5)1(6)7/h3,7-8H,1-2,4-6,17H2;(H,6,7). The molecule has 0 saturated heterocycles. The number of hydrogen-bond acceptors (Lipinski definition) is 5. The van der Waals surface area contributed by atoms with Crippen molar-refractivity contribution in [2.75, 3.05) is 0 Å². The number of nitrogens with two attached hydrogens (primary N) is 1. The lowest BCUT2D eigenvalue weighted by Gasteiger charge is -2.67. The van der Waals surface area contributed by atoms with E-state index in [4.69, 9.17) is 20.2 Å². The van der Waals surface area contributed by atoms with Crippen molar-refractivity contribution in [1.29, 1.82) is 0 Å². The molecule has 1 aromatic rings. The Morgan fingerprint density at radius 3 is 2.15 bits per heavy atom. The number of alkyl halides is 6. The van der Waals surface area contributed by atoms with Crippen LogP contribution in [0.3, 0.4) is 0 Å². The number of rotatable bonds is 3. The van der Waals surface area contributed by atoms with Crippen LogP contribution in [0.5, 0.6) is 0 Å². The Morgan fingerprint density at radius 1 is 1.22 bits per heavy atom. The van der Waals surface area contributed by atoms with Gasteiger partial charge in [-0.2, -0.15) is 13.2 Å². The lowest BCUT2D eigenvalue weighted by Crippen LogP contribution is -2.74. The van der Waals surface area contributed by atoms with Crippen molar-refractivity contribution < 1.29 is 45.5 Å². The molecule has 0 spiro atoms. The molecule has 0 atom stereocenters. The summed E-state index contributed by atoms with van der Waals surface area (Å²) in [7, 11) is 0. The van der Waals surface area contributed by atoms with Gasteiger partial charge < -0.3 is 15.4 Å². The Morgan fingerprint density at radius 2 is 1.74 bits per heavy atom. The summed E-state index contributed by atoms with van der Waals surface area (Å²) in [4.78, 5) is 8.90. The minimum Gasteiger partial charge on any atom is -0.475 e. The van der Waals surface area contributed by atoms with Crippen LogP contribution in [0, 0.1) is 0 Å². The Hall–Kier alpha value is -1.82. The first-order valence-corrected chi connectivity index (χ1v) is 8.02. The first-order valence-electron chi connectivity index (χ1n) is 8.02. The fourth-order valence-corrected chi connectivity index (χ4v) is 3.95. The molecule has 0 unspecified atom stereocenters. The van der Waals surface area contributed by atoms with Gasteiger partial charge in [0.2, 0.25) is 0 Å². The number of carboxylic acid groups (broad SMARTS) is 1. The average Bonchev–Trinajstić information content (AvgIpc) is 2.85. The van der Waals surface area contributed by atoms with Gasteiger partial charge in [0.25, 0.3) is 0 Å². The number of aromatic nitrogens is 1. The molecule has 4 aliphatic carbocycles. The van der Waals surface area contributed by atoms with Crippen molar-refractivity contribution in [2.45, 2.75) is 67.6 Å². The van der Waals surface area contributed by atoms with Crippen LogP contribution in [0.1, 0.15) is 49.5 Å². The lowest BCUT2D eigenvalue weighted by molar-refractivity contribution is -0.351. The zero-order chi connectivity index (χ0) is 20.3. The molecule has 0 radical (unpaired) electrons. The van der Waals surface area contributed by atoms with Crippen LogP contribution in [0.4, 0.5) is 26.3 Å². The zero-order valence-corrected chi connectivity index (χ0v) is 13.7. The maximum Gasteiger partial charge on any atom is 0.522 e. The second-order valence-electron chi connectivity index (χ2n) is 7.45. The number of nitrogens with zero attached hydrogens (tertiary/aromatic N) is 1. The van der Waals surface area contributed by atoms with Crippen molar-refractivity contribution in [3.63, 3.8) is 0 Å². The van der Waals surface area contributed by atoms with Gasteiger partial charge in [-0.15, -0.1) is 13.2 Å². The van der Waals surface area contributed by atoms with Crippen molar-refractivity contribution >= 4 is 5.97 Å². The Kier molecular flexibility index (Phi) is 4.50. The summed E-state index contributed by atoms with van der Waals surface area (Å²) in [6.07, 6.45) is -6.90. The van der Waals surface area contributed by atoms with Crippen molar-refractivity contribution in [3.05, 3.63) is 17.5 Å². The molecule has 0 aromatic carbocycles. The molecule has 4 fully saturated rings. The summed E-state index contributed by atoms with van der Waals surface area (Å²) >= 11 is 0. The minimum absolute atomic E-state index is 0.00489. The van der Waals surface area contributed by atoms with E-state index in [0.29, 0.717) is 12.8 Å². The van der Waals surface area contributed by atoms with Crippen LogP contribution < -0.4 is 5.73 Å². The smallest absolute Gasteiger partial charge is 0.475 e. The average molecular weight is 402 g/mol. The van der Waals surface area contributed by atoms with Crippen molar-refractivity contribution in [3.8, 4) is 0 Å². The van der Waals surface area contributed by atoms with Crippen LogP contribution in [-0.2, 0) is 14.9 Å². The van der Waals surface area contributed by atoms with E-state index in [9.17, 15) is 26.3 Å². The van der Waals surface area contributed by atoms with Crippen molar-refractivity contribution in [1.82, 2.24) is 5.16 Å². The lowest BCUT2D eigenvalue weighted by atomic mass is 9.39. The number of hydrogen-bond donors (Lipinski definition) is 2. The predicted octanol–water partition coefficient (Wildman–Crippen LogP) is 3.22. The quantitative estimate of drug-likeness (QED) is 0.754. The van der Waals surface area contributed by atoms with Gasteiger partial charge in [0, 0.05) is 22.9 Å². The van der Waals surface area contributed by atoms with Crippen LogP contribution >= 0.6 is 0 Å². The van der Waals surface area contributed by atoms with E-state index in [1.54, 1.807) is 0 Å². The van der Waals surface area contributed by atoms with E-state index < -0.39 is 24.6 Å². The summed E-state index contributed by atoms with van der Waals surface area (Å²) in [6, 6.07) is 1.90. The number of halogens is 6. The Bertz CT molecular complexity index is 703. The highest BCUT2D eigenvalue weighted by Crippen LogP contribution is 2.66. The molecule has 152 valence electrons. The van der Waals surface area contributed by atoms with E-state index in [-0.39, 0.29) is 16.9 Å². The topological polar surface area (TPSA) is 98.6 Å². The largest absolute Gasteiger partial charge is 0.522 e. The number of ether oxygens (including phenoxy) is 1. The molecule has 4 saturated carbocycles. The Balaban J connectivity index is 0.000000260. The van der Waals surface area contributed by atoms with Crippen LogP contribution in [0.15, 0.2) is 10.6 Å². The predicted molar refractivity (Wildman–Crippen MR) is 75.5 cm³/mol. The molecule has 5 rings (SSSR count). The summed E-state index contributed by atoms with van der Waals surface area (Å²) < 4.78 is 77.2. The summed E-state index contributed by atoms with van der Waals surface area (Å²) in [5.41, 5.74) is 6.81. The Labute approximate surface area is 148 Å². The maximum atomic E-state index is 12.0. The van der Waals surface area contributed by atoms with Gasteiger partial charge in [0.15, 0.2) is 0 Å². The molecule has 0 amide bonds. The van der Waals surface area contributed by atoms with Crippen LogP contribution in [0.25, 0.3) is 0 Å². The third-order valence-corrected chi connectivity index (χ3v) is 5.18. The minimum atomic E-state index is -5.08. The van der Waals surface area contributed by atoms with Gasteiger partial charge in [-0.25, -0.2) is 4.79 Å². The normalized spacial score (nSPS) is 34.5. The molecule has 1 aromatic heterocycles. The first kappa shape index (κ1) is 19.9. The van der Waals surface area contributed by atoms with E-state index in [1.807, 2.05) is 6.07 Å². The van der Waals surface area contributed by atoms with Crippen LogP contribution in [-0.4, -0.2) is 40.4 Å². The second kappa shape index (κ2) is 6.09. The van der Waals surface area contributed by atoms with Gasteiger partial charge >= 0.3 is 18.5 Å². The third-order valence-electron chi connectivity index (χ3n) is 5.18. The first-order chi connectivity index (χ1) is 12.2. The highest BCUT2D eigenvalue weighted by molar-refractivity contribution is 5.73. The van der Waals surface area contributed by atoms with Gasteiger partial charge in [0.1, 0.15) is 5.76 Å². The van der Waals surface area contributed by atoms with E-state index in [1.165, 1.54) is 0 Å². The van der Waals surface area contributed by atoms with Crippen molar-refractivity contribution in [2.24, 2.45) is 5.73 Å². The fraction of sp³-hybridized carbons (Fsp3) is 0.733. The van der Waals surface area contributed by atoms with E-state index in [0.717, 1.165) is 30.7 Å². The summed E-state index contributed by atoms with van der Waals surface area (Å²) in [6.45, 7) is 0. The molecule has 4 aliphatic rings. The maximum absolute atomic E-state index is 12.0. The number of carboxylic acids is 1. The van der Waals surface area contributed by atoms with Crippen LogP contribution in [0.2, 0.25) is 0 Å². The molecule has 27 heavy (non-hydrogen) atoms. The van der Waals surface area contributed by atoms with Gasteiger partial charge in [-0.1, -0.05) is 5.16 Å². The second-order valence-corrected chi connectivity index (χ2v) is 7.45. The monoisotopic (exact) mass is 402 g/mol. The molecule has 1 heterocycles. The third kappa shape index (κ3) is 4.05. The molecular weight excluding hydrogens is 386 g/mol. The van der Waals surface area contributed by atoms with E-state index >= 15 is 0 Å². The highest BCUT2D eigenvalue weighted by Gasteiger charge is 2.68. The number of aliphatic carboxylic acids is 1. The highest BCUT2D eigenvalue weighted by atomic mass is 19.4. The summed E-state index contributed by atoms with van der Waals surface area (Å²) in [5, 5.41) is 11.1. The molecule has 2 bridgehead atoms. The summed E-state index contributed by atoms with van der Waals surface area (Å²) in [5.74, 6) is -1.90. The molecule has 3 N–H and O–H groups in total. The molecular formula is C15H16F6N2O4. The molecule has 12 heteroatoms. The molecule has 0 aliphatic heterocycles. The number of carbonyl (C=O) groups is 1. The van der Waals surface area contributed by atoms with E-state index in [2.05, 4.69) is 9.89 Å². The van der Waals surface area contributed by atoms with Gasteiger partial charge in [-0.05, 0) is 32.1 Å². The zero-order valence-electron chi connectivity index (χ0n) is 13.7. The van der Waals surface area contributed by atoms with Gasteiger partial charge in [-0.3, -0.25) is 4.74 Å². The SMILES string of the molecule is NC12CC(c3cc(C4CC(OC(F)(F)F)C4)no3)(C1)C2.O=C(O)C(F)(F)F. The van der Waals surface area contributed by atoms with Gasteiger partial charge in [0.05, 0.1) is 11.8 Å². The fourth-order valence-electron chi connectivity index (χ4n) is 3.95. The molecule has 6 nitrogen and oxygen atoms in total.